The number of benzene rings is 1. The van der Waals surface area contributed by atoms with Crippen LogP contribution in [0.4, 0.5) is 0 Å². The summed E-state index contributed by atoms with van der Waals surface area (Å²) in [5, 5.41) is 21.5. The van der Waals surface area contributed by atoms with Crippen LogP contribution in [0.25, 0.3) is 0 Å². The predicted octanol–water partition coefficient (Wildman–Crippen LogP) is 1.14. The molecular weight excluding hydrogens is 236 g/mol. The fourth-order valence-electron chi connectivity index (χ4n) is 1.66. The fourth-order valence-corrected chi connectivity index (χ4v) is 1.66. The Bertz CT molecular complexity index is 560. The van der Waals surface area contributed by atoms with Gasteiger partial charge in [0.1, 0.15) is 11.8 Å². The van der Waals surface area contributed by atoms with Crippen LogP contribution in [0.5, 0.6) is 5.75 Å². The number of carboxylic acids is 1. The molecule has 1 unspecified atom stereocenters. The van der Waals surface area contributed by atoms with Crippen molar-refractivity contribution in [3.8, 4) is 11.8 Å². The first-order valence-corrected chi connectivity index (χ1v) is 5.19. The number of ether oxygens (including phenoxy) is 1. The number of carboxylic acid groups (broad SMARTS) is 1. The Morgan fingerprint density at radius 1 is 1.67 bits per heavy atom. The second kappa shape index (κ2) is 4.75. The van der Waals surface area contributed by atoms with Crippen molar-refractivity contribution < 1.29 is 19.5 Å². The first-order chi connectivity index (χ1) is 8.65. The van der Waals surface area contributed by atoms with Crippen LogP contribution in [0.2, 0.25) is 0 Å². The van der Waals surface area contributed by atoms with Crippen molar-refractivity contribution in [2.24, 2.45) is 5.16 Å². The standard InChI is InChI=1S/C12H10N2O4/c1-17-10-3-2-7(4-8(10)6-13)9-5-11(12(15)16)18-14-9/h2-4,11H,5H2,1H3,(H,15,16). The lowest BCUT2D eigenvalue weighted by Gasteiger charge is -2.04. The van der Waals surface area contributed by atoms with E-state index in [4.69, 9.17) is 19.9 Å². The molecule has 6 heteroatoms. The molecule has 1 heterocycles. The Morgan fingerprint density at radius 2 is 2.44 bits per heavy atom. The number of hydrogen-bond acceptors (Lipinski definition) is 5. The highest BCUT2D eigenvalue weighted by Crippen LogP contribution is 2.23. The molecular formula is C12H10N2O4. The molecule has 0 aliphatic carbocycles. The monoisotopic (exact) mass is 246 g/mol. The van der Waals surface area contributed by atoms with Gasteiger partial charge in [0, 0.05) is 12.0 Å². The topological polar surface area (TPSA) is 91.9 Å². The third-order valence-corrected chi connectivity index (χ3v) is 2.60. The maximum absolute atomic E-state index is 10.7. The zero-order valence-electron chi connectivity index (χ0n) is 9.58. The Hall–Kier alpha value is -2.55. The van der Waals surface area contributed by atoms with Gasteiger partial charge in [0.25, 0.3) is 0 Å². The van der Waals surface area contributed by atoms with Crippen molar-refractivity contribution in [3.63, 3.8) is 0 Å². The van der Waals surface area contributed by atoms with Crippen LogP contribution in [0.15, 0.2) is 23.4 Å². The van der Waals surface area contributed by atoms with Gasteiger partial charge in [-0.3, -0.25) is 0 Å². The number of nitriles is 1. The van der Waals surface area contributed by atoms with Gasteiger partial charge in [-0.2, -0.15) is 5.26 Å². The summed E-state index contributed by atoms with van der Waals surface area (Å²) in [4.78, 5) is 15.5. The molecule has 0 saturated heterocycles. The minimum absolute atomic E-state index is 0.187. The molecule has 0 fully saturated rings. The Labute approximate surface area is 103 Å². The zero-order chi connectivity index (χ0) is 13.1. The van der Waals surface area contributed by atoms with Crippen molar-refractivity contribution in [1.82, 2.24) is 0 Å². The summed E-state index contributed by atoms with van der Waals surface area (Å²) >= 11 is 0. The van der Waals surface area contributed by atoms with Crippen molar-refractivity contribution in [2.75, 3.05) is 7.11 Å². The highest BCUT2D eigenvalue weighted by molar-refractivity contribution is 6.03. The van der Waals surface area contributed by atoms with E-state index in [1.54, 1.807) is 18.2 Å². The van der Waals surface area contributed by atoms with Crippen LogP contribution in [-0.2, 0) is 9.63 Å². The normalized spacial score (nSPS) is 17.6. The minimum atomic E-state index is -1.05. The summed E-state index contributed by atoms with van der Waals surface area (Å²) in [5.74, 6) is -0.585. The molecule has 2 rings (SSSR count). The summed E-state index contributed by atoms with van der Waals surface area (Å²) in [7, 11) is 1.48. The summed E-state index contributed by atoms with van der Waals surface area (Å²) < 4.78 is 5.03. The van der Waals surface area contributed by atoms with Crippen LogP contribution in [0.3, 0.4) is 0 Å². The molecule has 1 aliphatic rings. The molecule has 0 spiro atoms. The second-order valence-corrected chi connectivity index (χ2v) is 3.70. The minimum Gasteiger partial charge on any atom is -0.495 e. The van der Waals surface area contributed by atoms with E-state index in [0.717, 1.165) is 0 Å². The van der Waals surface area contributed by atoms with E-state index >= 15 is 0 Å². The quantitative estimate of drug-likeness (QED) is 0.863. The number of rotatable bonds is 3. The lowest BCUT2D eigenvalue weighted by molar-refractivity contribution is -0.148. The van der Waals surface area contributed by atoms with E-state index in [-0.39, 0.29) is 6.42 Å². The van der Waals surface area contributed by atoms with Crippen molar-refractivity contribution in [2.45, 2.75) is 12.5 Å². The molecule has 0 bridgehead atoms. The van der Waals surface area contributed by atoms with E-state index in [9.17, 15) is 4.79 Å². The summed E-state index contributed by atoms with van der Waals surface area (Å²) in [6.07, 6.45) is -0.764. The number of oxime groups is 1. The van der Waals surface area contributed by atoms with Crippen LogP contribution < -0.4 is 4.74 Å². The van der Waals surface area contributed by atoms with Gasteiger partial charge >= 0.3 is 5.97 Å². The summed E-state index contributed by atoms with van der Waals surface area (Å²) in [6.45, 7) is 0. The highest BCUT2D eigenvalue weighted by Gasteiger charge is 2.28. The van der Waals surface area contributed by atoms with Crippen LogP contribution >= 0.6 is 0 Å². The number of methoxy groups -OCH3 is 1. The molecule has 0 radical (unpaired) electrons. The molecule has 1 aromatic carbocycles. The third-order valence-electron chi connectivity index (χ3n) is 2.60. The highest BCUT2D eigenvalue weighted by atomic mass is 16.7. The Morgan fingerprint density at radius 3 is 3.00 bits per heavy atom. The molecule has 0 aromatic heterocycles. The van der Waals surface area contributed by atoms with Crippen LogP contribution in [0, 0.1) is 11.3 Å². The summed E-state index contributed by atoms with van der Waals surface area (Å²) in [5.41, 5.74) is 1.55. The number of hydrogen-bond donors (Lipinski definition) is 1. The molecule has 92 valence electrons. The maximum atomic E-state index is 10.7. The van der Waals surface area contributed by atoms with Crippen molar-refractivity contribution in [1.29, 1.82) is 5.26 Å². The van der Waals surface area contributed by atoms with E-state index < -0.39 is 12.1 Å². The number of nitrogens with zero attached hydrogens (tertiary/aromatic N) is 2. The van der Waals surface area contributed by atoms with E-state index in [1.165, 1.54) is 7.11 Å². The third kappa shape index (κ3) is 2.11. The molecule has 1 aliphatic heterocycles. The Kier molecular flexibility index (Phi) is 3.15. The molecule has 1 N–H and O–H groups in total. The second-order valence-electron chi connectivity index (χ2n) is 3.70. The zero-order valence-corrected chi connectivity index (χ0v) is 9.58. The molecule has 1 atom stereocenters. The molecule has 18 heavy (non-hydrogen) atoms. The Balaban J connectivity index is 2.26. The first-order valence-electron chi connectivity index (χ1n) is 5.19. The number of aliphatic carboxylic acids is 1. The number of carbonyl (C=O) groups is 1. The maximum Gasteiger partial charge on any atom is 0.348 e. The van der Waals surface area contributed by atoms with E-state index in [1.807, 2.05) is 6.07 Å². The first kappa shape index (κ1) is 11.9. The van der Waals surface area contributed by atoms with E-state index in [0.29, 0.717) is 22.6 Å². The largest absolute Gasteiger partial charge is 0.495 e. The van der Waals surface area contributed by atoms with Gasteiger partial charge in [-0.1, -0.05) is 5.16 Å². The van der Waals surface area contributed by atoms with Gasteiger partial charge in [-0.25, -0.2) is 4.79 Å². The van der Waals surface area contributed by atoms with Gasteiger partial charge in [0.05, 0.1) is 18.4 Å². The van der Waals surface area contributed by atoms with Crippen LogP contribution in [-0.4, -0.2) is 30.0 Å². The lowest BCUT2D eigenvalue weighted by Crippen LogP contribution is -2.19. The molecule has 6 nitrogen and oxygen atoms in total. The average Bonchev–Trinajstić information content (AvgIpc) is 2.87. The molecule has 1 aromatic rings. The van der Waals surface area contributed by atoms with Gasteiger partial charge in [0.15, 0.2) is 0 Å². The molecule has 0 amide bonds. The van der Waals surface area contributed by atoms with E-state index in [2.05, 4.69) is 5.16 Å². The van der Waals surface area contributed by atoms with Gasteiger partial charge in [-0.05, 0) is 18.2 Å². The van der Waals surface area contributed by atoms with Gasteiger partial charge in [0.2, 0.25) is 6.10 Å². The van der Waals surface area contributed by atoms with Crippen LogP contribution in [0.1, 0.15) is 17.5 Å². The van der Waals surface area contributed by atoms with Gasteiger partial charge < -0.3 is 14.7 Å². The summed E-state index contributed by atoms with van der Waals surface area (Å²) in [6, 6.07) is 6.97. The predicted molar refractivity (Wildman–Crippen MR) is 61.4 cm³/mol. The molecule has 0 saturated carbocycles. The fraction of sp³-hybridized carbons (Fsp3) is 0.250. The smallest absolute Gasteiger partial charge is 0.348 e. The SMILES string of the molecule is COc1ccc(C2=NOC(C(=O)O)C2)cc1C#N. The van der Waals surface area contributed by atoms with Crippen molar-refractivity contribution in [3.05, 3.63) is 29.3 Å². The van der Waals surface area contributed by atoms with Gasteiger partial charge in [-0.15, -0.1) is 0 Å². The average molecular weight is 246 g/mol. The van der Waals surface area contributed by atoms with Crippen molar-refractivity contribution >= 4 is 11.7 Å². The lowest BCUT2D eigenvalue weighted by atomic mass is 10.0.